The van der Waals surface area contributed by atoms with E-state index in [0.717, 1.165) is 18.0 Å². The standard InChI is InChI=1S/C14H17ClFN3S/c1-14(2,3)17-8-7-11-18-19-13(20-11)9-5-4-6-10(15)12(9)16/h4-6,17H,7-8H2,1-3H3. The summed E-state index contributed by atoms with van der Waals surface area (Å²) in [6, 6.07) is 4.90. The maximum atomic E-state index is 13.9. The van der Waals surface area contributed by atoms with E-state index in [1.165, 1.54) is 17.4 Å². The van der Waals surface area contributed by atoms with Crippen molar-refractivity contribution in [3.05, 3.63) is 34.0 Å². The fraction of sp³-hybridized carbons (Fsp3) is 0.429. The third kappa shape index (κ3) is 3.98. The van der Waals surface area contributed by atoms with Crippen molar-refractivity contribution in [3.8, 4) is 10.6 Å². The van der Waals surface area contributed by atoms with E-state index in [1.54, 1.807) is 12.1 Å². The number of benzene rings is 1. The van der Waals surface area contributed by atoms with Gasteiger partial charge in [-0.25, -0.2) is 4.39 Å². The molecular weight excluding hydrogens is 297 g/mol. The molecule has 0 saturated carbocycles. The minimum atomic E-state index is -0.440. The van der Waals surface area contributed by atoms with Gasteiger partial charge in [0, 0.05) is 24.1 Å². The van der Waals surface area contributed by atoms with E-state index in [0.29, 0.717) is 10.6 Å². The first-order chi connectivity index (χ1) is 9.37. The van der Waals surface area contributed by atoms with E-state index >= 15 is 0 Å². The summed E-state index contributed by atoms with van der Waals surface area (Å²) >= 11 is 7.17. The smallest absolute Gasteiger partial charge is 0.152 e. The molecule has 20 heavy (non-hydrogen) atoms. The van der Waals surface area contributed by atoms with Crippen LogP contribution in [0, 0.1) is 5.82 Å². The highest BCUT2D eigenvalue weighted by Crippen LogP contribution is 2.29. The fourth-order valence-corrected chi connectivity index (χ4v) is 2.71. The number of nitrogens with zero attached hydrogens (tertiary/aromatic N) is 2. The predicted octanol–water partition coefficient (Wildman–Crippen LogP) is 3.93. The summed E-state index contributed by atoms with van der Waals surface area (Å²) < 4.78 is 13.9. The summed E-state index contributed by atoms with van der Waals surface area (Å²) in [5.41, 5.74) is 0.483. The number of hydrogen-bond acceptors (Lipinski definition) is 4. The first-order valence-electron chi connectivity index (χ1n) is 6.38. The van der Waals surface area contributed by atoms with Crippen molar-refractivity contribution in [2.45, 2.75) is 32.7 Å². The molecule has 1 aromatic carbocycles. The Morgan fingerprint density at radius 3 is 2.75 bits per heavy atom. The molecule has 0 spiro atoms. The van der Waals surface area contributed by atoms with Crippen LogP contribution in [0.25, 0.3) is 10.6 Å². The maximum Gasteiger partial charge on any atom is 0.152 e. The lowest BCUT2D eigenvalue weighted by molar-refractivity contribution is 0.429. The highest BCUT2D eigenvalue weighted by Gasteiger charge is 2.14. The van der Waals surface area contributed by atoms with Crippen LogP contribution < -0.4 is 5.32 Å². The van der Waals surface area contributed by atoms with Crippen molar-refractivity contribution < 1.29 is 4.39 Å². The second-order valence-electron chi connectivity index (χ2n) is 5.53. The summed E-state index contributed by atoms with van der Waals surface area (Å²) in [6.07, 6.45) is 0.775. The quantitative estimate of drug-likeness (QED) is 0.929. The third-order valence-electron chi connectivity index (χ3n) is 2.64. The van der Waals surface area contributed by atoms with Gasteiger partial charge in [-0.05, 0) is 32.9 Å². The monoisotopic (exact) mass is 313 g/mol. The molecule has 0 radical (unpaired) electrons. The number of aromatic nitrogens is 2. The van der Waals surface area contributed by atoms with Crippen molar-refractivity contribution in [1.29, 1.82) is 0 Å². The van der Waals surface area contributed by atoms with Gasteiger partial charge in [-0.2, -0.15) is 0 Å². The SMILES string of the molecule is CC(C)(C)NCCc1nnc(-c2cccc(Cl)c2F)s1. The second-order valence-corrected chi connectivity index (χ2v) is 7.00. The van der Waals surface area contributed by atoms with Crippen LogP contribution in [0.3, 0.4) is 0 Å². The zero-order valence-electron chi connectivity index (χ0n) is 11.7. The van der Waals surface area contributed by atoms with Gasteiger partial charge in [-0.3, -0.25) is 0 Å². The third-order valence-corrected chi connectivity index (χ3v) is 3.95. The summed E-state index contributed by atoms with van der Waals surface area (Å²) in [6.45, 7) is 7.15. The lowest BCUT2D eigenvalue weighted by atomic mass is 10.1. The summed E-state index contributed by atoms with van der Waals surface area (Å²) in [4.78, 5) is 0. The number of halogens is 2. The Balaban J connectivity index is 2.07. The Kier molecular flexibility index (Phi) is 4.73. The van der Waals surface area contributed by atoms with Crippen LogP contribution in [-0.4, -0.2) is 22.3 Å². The summed E-state index contributed by atoms with van der Waals surface area (Å²) in [7, 11) is 0. The second kappa shape index (κ2) is 6.16. The van der Waals surface area contributed by atoms with Gasteiger partial charge in [0.25, 0.3) is 0 Å². The zero-order valence-corrected chi connectivity index (χ0v) is 13.3. The molecule has 0 aliphatic rings. The van der Waals surface area contributed by atoms with E-state index in [-0.39, 0.29) is 10.6 Å². The molecule has 1 N–H and O–H groups in total. The Bertz CT molecular complexity index is 592. The van der Waals surface area contributed by atoms with Gasteiger partial charge in [0.2, 0.25) is 0 Å². The Morgan fingerprint density at radius 2 is 2.05 bits per heavy atom. The first kappa shape index (κ1) is 15.4. The van der Waals surface area contributed by atoms with Crippen molar-refractivity contribution in [3.63, 3.8) is 0 Å². The normalized spacial score (nSPS) is 11.8. The van der Waals surface area contributed by atoms with E-state index in [4.69, 9.17) is 11.6 Å². The average Bonchev–Trinajstić information content (AvgIpc) is 2.79. The fourth-order valence-electron chi connectivity index (χ4n) is 1.68. The van der Waals surface area contributed by atoms with Gasteiger partial charge in [-0.15, -0.1) is 10.2 Å². The molecule has 108 valence electrons. The highest BCUT2D eigenvalue weighted by atomic mass is 35.5. The molecule has 0 aliphatic carbocycles. The Morgan fingerprint density at radius 1 is 1.30 bits per heavy atom. The molecule has 1 heterocycles. The lowest BCUT2D eigenvalue weighted by Gasteiger charge is -2.19. The predicted molar refractivity (Wildman–Crippen MR) is 81.8 cm³/mol. The minimum Gasteiger partial charge on any atom is -0.312 e. The van der Waals surface area contributed by atoms with Crippen molar-refractivity contribution >= 4 is 22.9 Å². The van der Waals surface area contributed by atoms with Crippen molar-refractivity contribution in [1.82, 2.24) is 15.5 Å². The van der Waals surface area contributed by atoms with Crippen LogP contribution in [0.15, 0.2) is 18.2 Å². The molecule has 0 aliphatic heterocycles. The minimum absolute atomic E-state index is 0.0760. The van der Waals surface area contributed by atoms with Crippen LogP contribution in [0.2, 0.25) is 5.02 Å². The molecule has 0 atom stereocenters. The average molecular weight is 314 g/mol. The molecule has 1 aromatic heterocycles. The van der Waals surface area contributed by atoms with Crippen LogP contribution in [-0.2, 0) is 6.42 Å². The van der Waals surface area contributed by atoms with Crippen LogP contribution in [0.1, 0.15) is 25.8 Å². The molecule has 0 amide bonds. The highest BCUT2D eigenvalue weighted by molar-refractivity contribution is 7.14. The van der Waals surface area contributed by atoms with Gasteiger partial charge < -0.3 is 5.32 Å². The molecule has 3 nitrogen and oxygen atoms in total. The van der Waals surface area contributed by atoms with Crippen molar-refractivity contribution in [2.24, 2.45) is 0 Å². The molecule has 6 heteroatoms. The first-order valence-corrected chi connectivity index (χ1v) is 7.58. The topological polar surface area (TPSA) is 37.8 Å². The summed E-state index contributed by atoms with van der Waals surface area (Å²) in [5.74, 6) is -0.440. The van der Waals surface area contributed by atoms with Crippen molar-refractivity contribution in [2.75, 3.05) is 6.54 Å². The largest absolute Gasteiger partial charge is 0.312 e. The number of rotatable bonds is 4. The Labute approximate surface area is 127 Å². The van der Waals surface area contributed by atoms with Gasteiger partial charge >= 0.3 is 0 Å². The molecule has 0 fully saturated rings. The van der Waals surface area contributed by atoms with Gasteiger partial charge in [0.15, 0.2) is 10.8 Å². The van der Waals surface area contributed by atoms with Crippen LogP contribution in [0.5, 0.6) is 0 Å². The van der Waals surface area contributed by atoms with E-state index in [1.807, 2.05) is 0 Å². The molecule has 2 aromatic rings. The van der Waals surface area contributed by atoms with Crippen LogP contribution >= 0.6 is 22.9 Å². The van der Waals surface area contributed by atoms with E-state index in [2.05, 4.69) is 36.3 Å². The van der Waals surface area contributed by atoms with Gasteiger partial charge in [-0.1, -0.05) is 29.0 Å². The molecule has 0 saturated heterocycles. The molecule has 0 bridgehead atoms. The summed E-state index contributed by atoms with van der Waals surface area (Å²) in [5, 5.41) is 13.1. The maximum absolute atomic E-state index is 13.9. The number of hydrogen-bond donors (Lipinski definition) is 1. The van der Waals surface area contributed by atoms with E-state index < -0.39 is 5.82 Å². The van der Waals surface area contributed by atoms with E-state index in [9.17, 15) is 4.39 Å². The van der Waals surface area contributed by atoms with Gasteiger partial charge in [0.1, 0.15) is 5.01 Å². The zero-order chi connectivity index (χ0) is 14.8. The lowest BCUT2D eigenvalue weighted by Crippen LogP contribution is -2.37. The Hall–Kier alpha value is -1.04. The van der Waals surface area contributed by atoms with Crippen LogP contribution in [0.4, 0.5) is 4.39 Å². The number of nitrogens with one attached hydrogen (secondary N) is 1. The molecule has 0 unspecified atom stereocenters. The van der Waals surface area contributed by atoms with Gasteiger partial charge in [0.05, 0.1) is 5.02 Å². The molecule has 2 rings (SSSR count). The molecular formula is C14H17ClFN3S.